The molecule has 0 bridgehead atoms. The van der Waals surface area contributed by atoms with Crippen LogP contribution in [0.5, 0.6) is 0 Å². The third-order valence-electron chi connectivity index (χ3n) is 3.70. The highest BCUT2D eigenvalue weighted by Crippen LogP contribution is 2.30. The minimum atomic E-state index is -4.59. The largest absolute Gasteiger partial charge is 0.417 e. The summed E-state index contributed by atoms with van der Waals surface area (Å²) in [6, 6.07) is 5.39. The van der Waals surface area contributed by atoms with Gasteiger partial charge in [0.25, 0.3) is 5.56 Å². The third kappa shape index (κ3) is 3.77. The van der Waals surface area contributed by atoms with Crippen molar-refractivity contribution in [3.63, 3.8) is 0 Å². The molecule has 1 amide bonds. The fourth-order valence-electron chi connectivity index (χ4n) is 2.56. The Morgan fingerprint density at radius 3 is 2.69 bits per heavy atom. The Labute approximate surface area is 150 Å². The Kier molecular flexibility index (Phi) is 4.57. The quantitative estimate of drug-likeness (QED) is 0.752. The van der Waals surface area contributed by atoms with E-state index in [4.69, 9.17) is 0 Å². The molecule has 1 N–H and O–H groups in total. The lowest BCUT2D eigenvalue weighted by Crippen LogP contribution is -2.28. The molecule has 0 aliphatic heterocycles. The number of nitrogens with one attached hydrogen (secondary N) is 1. The van der Waals surface area contributed by atoms with Crippen molar-refractivity contribution in [3.8, 4) is 0 Å². The zero-order valence-electron chi connectivity index (χ0n) is 13.8. The van der Waals surface area contributed by atoms with Crippen LogP contribution in [0.2, 0.25) is 0 Å². The molecule has 2 aromatic heterocycles. The van der Waals surface area contributed by atoms with Gasteiger partial charge in [-0.25, -0.2) is 4.98 Å². The van der Waals surface area contributed by atoms with Gasteiger partial charge >= 0.3 is 6.18 Å². The van der Waals surface area contributed by atoms with E-state index in [1.54, 1.807) is 0 Å². The number of benzene rings is 1. The van der Waals surface area contributed by atoms with Crippen LogP contribution < -0.4 is 10.9 Å². The number of aromatic nitrogens is 2. The van der Waals surface area contributed by atoms with Crippen molar-refractivity contribution in [3.05, 3.63) is 57.5 Å². The number of anilines is 1. The molecule has 0 unspecified atom stereocenters. The van der Waals surface area contributed by atoms with Crippen molar-refractivity contribution in [2.45, 2.75) is 26.6 Å². The van der Waals surface area contributed by atoms with Gasteiger partial charge in [-0.15, -0.1) is 0 Å². The van der Waals surface area contributed by atoms with E-state index in [0.717, 1.165) is 32.0 Å². The second kappa shape index (κ2) is 6.56. The molecule has 0 fully saturated rings. The first-order valence-corrected chi connectivity index (χ1v) is 8.40. The fourth-order valence-corrected chi connectivity index (χ4v) is 3.62. The van der Waals surface area contributed by atoms with Crippen molar-refractivity contribution in [1.29, 1.82) is 0 Å². The Balaban J connectivity index is 1.81. The second-order valence-electron chi connectivity index (χ2n) is 5.88. The summed E-state index contributed by atoms with van der Waals surface area (Å²) in [6.07, 6.45) is -3.96. The predicted molar refractivity (Wildman–Crippen MR) is 93.4 cm³/mol. The molecule has 2 heterocycles. The summed E-state index contributed by atoms with van der Waals surface area (Å²) in [5, 5.41) is 2.87. The number of aryl methyl sites for hydroxylation is 2. The Bertz CT molecular complexity index is 1050. The zero-order chi connectivity index (χ0) is 19.1. The van der Waals surface area contributed by atoms with E-state index < -0.39 is 29.8 Å². The van der Waals surface area contributed by atoms with Crippen LogP contribution in [-0.4, -0.2) is 15.5 Å². The van der Waals surface area contributed by atoms with Gasteiger partial charge in [0.2, 0.25) is 5.91 Å². The number of hydrogen-bond donors (Lipinski definition) is 1. The maximum absolute atomic E-state index is 12.7. The van der Waals surface area contributed by atoms with E-state index in [2.05, 4.69) is 10.3 Å². The number of halogens is 3. The molecule has 136 valence electrons. The zero-order valence-corrected chi connectivity index (χ0v) is 14.7. The number of rotatable bonds is 3. The van der Waals surface area contributed by atoms with E-state index in [0.29, 0.717) is 17.4 Å². The number of alkyl halides is 3. The highest BCUT2D eigenvalue weighted by molar-refractivity contribution is 7.22. The predicted octanol–water partition coefficient (Wildman–Crippen LogP) is 3.73. The normalized spacial score (nSPS) is 11.7. The van der Waals surface area contributed by atoms with Crippen molar-refractivity contribution in [2.75, 3.05) is 5.32 Å². The van der Waals surface area contributed by atoms with Gasteiger partial charge in [0, 0.05) is 12.3 Å². The van der Waals surface area contributed by atoms with Crippen LogP contribution in [0.15, 0.2) is 35.3 Å². The molecule has 9 heteroatoms. The standard InChI is InChI=1S/C17H14F3N3O2S/c1-9-5-10(2)15-12(6-9)26-16(22-15)21-13(24)8-23-7-11(17(18,19)20)3-4-14(23)25/h3-7H,8H2,1-2H3,(H,21,22,24). The maximum atomic E-state index is 12.7. The number of carbonyl (C=O) groups excluding carboxylic acids is 1. The molecule has 0 radical (unpaired) electrons. The monoisotopic (exact) mass is 381 g/mol. The summed E-state index contributed by atoms with van der Waals surface area (Å²) in [4.78, 5) is 28.2. The Morgan fingerprint density at radius 2 is 2.00 bits per heavy atom. The summed E-state index contributed by atoms with van der Waals surface area (Å²) in [7, 11) is 0. The van der Waals surface area contributed by atoms with Crippen LogP contribution in [0.25, 0.3) is 10.2 Å². The number of thiazole rings is 1. The molecule has 0 saturated carbocycles. The molecule has 0 spiro atoms. The number of hydrogen-bond acceptors (Lipinski definition) is 4. The molecule has 26 heavy (non-hydrogen) atoms. The lowest BCUT2D eigenvalue weighted by atomic mass is 10.1. The maximum Gasteiger partial charge on any atom is 0.417 e. The summed E-state index contributed by atoms with van der Waals surface area (Å²) >= 11 is 1.27. The number of pyridine rings is 1. The highest BCUT2D eigenvalue weighted by Gasteiger charge is 2.31. The van der Waals surface area contributed by atoms with Crippen molar-refractivity contribution in [2.24, 2.45) is 0 Å². The molecule has 5 nitrogen and oxygen atoms in total. The van der Waals surface area contributed by atoms with Crippen molar-refractivity contribution < 1.29 is 18.0 Å². The van der Waals surface area contributed by atoms with E-state index in [-0.39, 0.29) is 0 Å². The van der Waals surface area contributed by atoms with Gasteiger partial charge in [-0.2, -0.15) is 13.2 Å². The van der Waals surface area contributed by atoms with Gasteiger partial charge in [-0.3, -0.25) is 9.59 Å². The molecule has 0 aliphatic rings. The summed E-state index contributed by atoms with van der Waals surface area (Å²) in [5.41, 5.74) is 1.10. The number of nitrogens with zero attached hydrogens (tertiary/aromatic N) is 2. The van der Waals surface area contributed by atoms with Crippen molar-refractivity contribution in [1.82, 2.24) is 9.55 Å². The topological polar surface area (TPSA) is 64.0 Å². The first-order chi connectivity index (χ1) is 12.1. The van der Waals surface area contributed by atoms with Crippen LogP contribution >= 0.6 is 11.3 Å². The average Bonchev–Trinajstić information content (AvgIpc) is 2.90. The van der Waals surface area contributed by atoms with Crippen LogP contribution in [0.3, 0.4) is 0 Å². The average molecular weight is 381 g/mol. The number of carbonyl (C=O) groups is 1. The first kappa shape index (κ1) is 18.1. The van der Waals surface area contributed by atoms with Crippen LogP contribution in [0.4, 0.5) is 18.3 Å². The van der Waals surface area contributed by atoms with Crippen LogP contribution in [0.1, 0.15) is 16.7 Å². The highest BCUT2D eigenvalue weighted by atomic mass is 32.1. The molecular weight excluding hydrogens is 367 g/mol. The smallest absolute Gasteiger partial charge is 0.305 e. The third-order valence-corrected chi connectivity index (χ3v) is 4.62. The van der Waals surface area contributed by atoms with Gasteiger partial charge in [0.1, 0.15) is 6.54 Å². The van der Waals surface area contributed by atoms with Gasteiger partial charge in [0.05, 0.1) is 15.8 Å². The van der Waals surface area contributed by atoms with Crippen LogP contribution in [-0.2, 0) is 17.5 Å². The lowest BCUT2D eigenvalue weighted by Gasteiger charge is -2.10. The number of amides is 1. The lowest BCUT2D eigenvalue weighted by molar-refractivity contribution is -0.138. The van der Waals surface area contributed by atoms with E-state index >= 15 is 0 Å². The molecule has 3 rings (SSSR count). The van der Waals surface area contributed by atoms with Gasteiger partial charge < -0.3 is 9.88 Å². The molecule has 0 aliphatic carbocycles. The Hall–Kier alpha value is -2.68. The van der Waals surface area contributed by atoms with Gasteiger partial charge in [-0.1, -0.05) is 17.4 Å². The van der Waals surface area contributed by atoms with Gasteiger partial charge in [-0.05, 0) is 37.1 Å². The summed E-state index contributed by atoms with van der Waals surface area (Å²) in [5.74, 6) is -0.625. The van der Waals surface area contributed by atoms with Crippen molar-refractivity contribution >= 4 is 32.6 Å². The minimum Gasteiger partial charge on any atom is -0.305 e. The molecule has 0 atom stereocenters. The second-order valence-corrected chi connectivity index (χ2v) is 6.91. The molecule has 1 aromatic carbocycles. The SMILES string of the molecule is Cc1cc(C)c2nc(NC(=O)Cn3cc(C(F)(F)F)ccc3=O)sc2c1. The van der Waals surface area contributed by atoms with Crippen LogP contribution in [0, 0.1) is 13.8 Å². The number of fused-ring (bicyclic) bond motifs is 1. The van der Waals surface area contributed by atoms with E-state index in [1.165, 1.54) is 11.3 Å². The van der Waals surface area contributed by atoms with E-state index in [1.807, 2.05) is 26.0 Å². The molecule has 0 saturated heterocycles. The minimum absolute atomic E-state index is 0.332. The first-order valence-electron chi connectivity index (χ1n) is 7.59. The Morgan fingerprint density at radius 1 is 1.27 bits per heavy atom. The molecule has 3 aromatic rings. The summed E-state index contributed by atoms with van der Waals surface area (Å²) < 4.78 is 39.9. The molecular formula is C17H14F3N3O2S. The fraction of sp³-hybridized carbons (Fsp3) is 0.235. The van der Waals surface area contributed by atoms with E-state index in [9.17, 15) is 22.8 Å². The summed E-state index contributed by atoms with van der Waals surface area (Å²) in [6.45, 7) is 3.32. The van der Waals surface area contributed by atoms with Gasteiger partial charge in [0.15, 0.2) is 5.13 Å².